The molecule has 0 aromatic rings. The molecule has 260 valence electrons. The summed E-state index contributed by atoms with van der Waals surface area (Å²) in [5.41, 5.74) is 0. The molecule has 0 amide bonds. The minimum Gasteiger partial charge on any atom is -0.566 e. The van der Waals surface area contributed by atoms with Gasteiger partial charge in [-0.25, -0.2) is 0 Å². The molecule has 0 aliphatic carbocycles. The second-order valence-corrected chi connectivity index (χ2v) is 13.4. The molecule has 0 aromatic carbocycles. The zero-order valence-corrected chi connectivity index (χ0v) is 36.7. The quantitative estimate of drug-likeness (QED) is 0.0346. The molecule has 0 aliphatic heterocycles. The number of hydrogen-bond donors (Lipinski definition) is 0. The van der Waals surface area contributed by atoms with E-state index in [2.05, 4.69) is 47.2 Å². The summed E-state index contributed by atoms with van der Waals surface area (Å²) in [4.78, 5) is 20.3. The maximum atomic E-state index is 10.2. The van der Waals surface area contributed by atoms with Crippen molar-refractivity contribution in [3.63, 3.8) is 0 Å². The van der Waals surface area contributed by atoms with Crippen LogP contribution >= 0.6 is 16.5 Å². The van der Waals surface area contributed by atoms with Crippen LogP contribution in [0.1, 0.15) is 194 Å². The van der Waals surface area contributed by atoms with Crippen molar-refractivity contribution in [1.29, 1.82) is 0 Å². The molecule has 0 saturated carbocycles. The Morgan fingerprint density at radius 2 is 0.609 bits per heavy atom. The Labute approximate surface area is 332 Å². The standard InChI is InChI=1S/2C18H35O3P.2Na/c2*1-2-3-4-5-6-7-8-9-10-11-12-13-14-15-16-17-18-21-22(19)20;;/h2*9-10H,2-8,11-18H2,1H3;;/q;;2*+1. The summed E-state index contributed by atoms with van der Waals surface area (Å²) < 4.78 is 29.3. The van der Waals surface area contributed by atoms with Crippen LogP contribution in [0.5, 0.6) is 0 Å². The van der Waals surface area contributed by atoms with Crippen LogP contribution in [-0.4, -0.2) is 13.2 Å². The zero-order valence-electron chi connectivity index (χ0n) is 30.9. The van der Waals surface area contributed by atoms with Gasteiger partial charge in [-0.05, 0) is 73.3 Å². The monoisotopic (exact) mass is 706 g/mol. The first-order valence-corrected chi connectivity index (χ1v) is 20.6. The Morgan fingerprint density at radius 3 is 0.848 bits per heavy atom. The van der Waals surface area contributed by atoms with Gasteiger partial charge in [-0.1, -0.05) is 154 Å². The molecule has 0 N–H and O–H groups in total. The van der Waals surface area contributed by atoms with Crippen LogP contribution in [0.2, 0.25) is 0 Å². The molecule has 0 aromatic heterocycles. The van der Waals surface area contributed by atoms with Gasteiger partial charge < -0.3 is 9.79 Å². The van der Waals surface area contributed by atoms with Gasteiger partial charge in [0.1, 0.15) is 13.2 Å². The minimum absolute atomic E-state index is 0. The molecule has 0 aliphatic rings. The van der Waals surface area contributed by atoms with Crippen LogP contribution < -0.4 is 68.9 Å². The van der Waals surface area contributed by atoms with E-state index in [9.17, 15) is 18.9 Å². The third kappa shape index (κ3) is 57.8. The first-order valence-electron chi connectivity index (χ1n) is 18.4. The van der Waals surface area contributed by atoms with Crippen LogP contribution in [0.4, 0.5) is 0 Å². The molecule has 0 spiro atoms. The Bertz CT molecular complexity index is 600. The molecule has 6 nitrogen and oxygen atoms in total. The van der Waals surface area contributed by atoms with E-state index >= 15 is 0 Å². The number of allylic oxidation sites excluding steroid dienone is 4. The third-order valence-corrected chi connectivity index (χ3v) is 8.49. The molecule has 0 fully saturated rings. The molecule has 0 radical (unpaired) electrons. The van der Waals surface area contributed by atoms with Crippen LogP contribution in [0, 0.1) is 0 Å². The predicted octanol–water partition coefficient (Wildman–Crippen LogP) is 6.12. The fourth-order valence-corrected chi connectivity index (χ4v) is 5.53. The maximum Gasteiger partial charge on any atom is 1.00 e. The molecule has 2 unspecified atom stereocenters. The summed E-state index contributed by atoms with van der Waals surface area (Å²) in [5.74, 6) is 0. The smallest absolute Gasteiger partial charge is 0.566 e. The van der Waals surface area contributed by atoms with Crippen LogP contribution in [0.15, 0.2) is 24.3 Å². The molecular formula is C36H70Na2O6P2+2. The van der Waals surface area contributed by atoms with Gasteiger partial charge >= 0.3 is 75.6 Å². The van der Waals surface area contributed by atoms with Gasteiger partial charge in [0.25, 0.3) is 0 Å². The van der Waals surface area contributed by atoms with Crippen LogP contribution in [0.25, 0.3) is 0 Å². The number of rotatable bonds is 34. The molecule has 2 atom stereocenters. The SMILES string of the molecule is CCCCCCCCC=CCCCCCCCCO[P+](=O)[O-].CCCCCCCCC=CCCCCCCCCO[P+](=O)[O-].[Na+].[Na+]. The summed E-state index contributed by atoms with van der Waals surface area (Å²) in [6, 6.07) is 0. The van der Waals surface area contributed by atoms with E-state index in [-0.39, 0.29) is 59.1 Å². The van der Waals surface area contributed by atoms with Gasteiger partial charge in [-0.15, -0.1) is 9.05 Å². The zero-order chi connectivity index (χ0) is 32.6. The molecule has 10 heteroatoms. The molecule has 46 heavy (non-hydrogen) atoms. The van der Waals surface area contributed by atoms with E-state index in [0.29, 0.717) is 13.2 Å². The first-order chi connectivity index (χ1) is 21.5. The van der Waals surface area contributed by atoms with Crippen molar-refractivity contribution < 1.29 is 87.1 Å². The van der Waals surface area contributed by atoms with Gasteiger partial charge in [-0.2, -0.15) is 0 Å². The van der Waals surface area contributed by atoms with Crippen molar-refractivity contribution in [2.45, 2.75) is 194 Å². The Morgan fingerprint density at radius 1 is 0.391 bits per heavy atom. The van der Waals surface area contributed by atoms with E-state index in [1.165, 1.54) is 154 Å². The normalized spacial score (nSPS) is 11.7. The molecule has 0 heterocycles. The Hall–Kier alpha value is 1.52. The van der Waals surface area contributed by atoms with E-state index in [1.807, 2.05) is 0 Å². The van der Waals surface area contributed by atoms with E-state index in [0.717, 1.165) is 25.7 Å². The predicted molar refractivity (Wildman–Crippen MR) is 186 cm³/mol. The van der Waals surface area contributed by atoms with Gasteiger partial charge in [0, 0.05) is 0 Å². The van der Waals surface area contributed by atoms with Crippen LogP contribution in [-0.2, 0) is 18.2 Å². The number of hydrogen-bond acceptors (Lipinski definition) is 6. The number of unbranched alkanes of at least 4 members (excludes halogenated alkanes) is 24. The van der Waals surface area contributed by atoms with Gasteiger partial charge in [-0.3, -0.25) is 0 Å². The average Bonchev–Trinajstić information content (AvgIpc) is 3.00. The third-order valence-electron chi connectivity index (χ3n) is 7.71. The molecular weight excluding hydrogens is 636 g/mol. The van der Waals surface area contributed by atoms with Crippen molar-refractivity contribution in [3.8, 4) is 0 Å². The molecule has 0 rings (SSSR count). The summed E-state index contributed by atoms with van der Waals surface area (Å²) >= 11 is 0. The Kier molecular flexibility index (Phi) is 60.1. The fraction of sp³-hybridized carbons (Fsp3) is 0.889. The van der Waals surface area contributed by atoms with Crippen molar-refractivity contribution in [2.24, 2.45) is 0 Å². The van der Waals surface area contributed by atoms with E-state index in [1.54, 1.807) is 0 Å². The van der Waals surface area contributed by atoms with Crippen molar-refractivity contribution >= 4 is 16.5 Å². The van der Waals surface area contributed by atoms with Crippen molar-refractivity contribution in [2.75, 3.05) is 13.2 Å². The molecule has 0 bridgehead atoms. The van der Waals surface area contributed by atoms with E-state index in [4.69, 9.17) is 0 Å². The molecule has 0 saturated heterocycles. The second-order valence-electron chi connectivity index (χ2n) is 12.0. The van der Waals surface area contributed by atoms with Gasteiger partial charge in [0.15, 0.2) is 0 Å². The summed E-state index contributed by atoms with van der Waals surface area (Å²) in [7, 11) is -5.30. The van der Waals surface area contributed by atoms with E-state index < -0.39 is 16.5 Å². The second kappa shape index (κ2) is 50.9. The summed E-state index contributed by atoms with van der Waals surface area (Å²) in [6.45, 7) is 5.21. The fourth-order valence-electron chi connectivity index (χ4n) is 4.98. The first kappa shape index (κ1) is 54.3. The van der Waals surface area contributed by atoms with Crippen molar-refractivity contribution in [1.82, 2.24) is 0 Å². The van der Waals surface area contributed by atoms with Crippen LogP contribution in [0.3, 0.4) is 0 Å². The van der Waals surface area contributed by atoms with Crippen molar-refractivity contribution in [3.05, 3.63) is 24.3 Å². The van der Waals surface area contributed by atoms with Gasteiger partial charge in [0.05, 0.1) is 0 Å². The minimum atomic E-state index is -2.65. The van der Waals surface area contributed by atoms with Gasteiger partial charge in [0.2, 0.25) is 0 Å². The largest absolute Gasteiger partial charge is 1.00 e. The summed E-state index contributed by atoms with van der Waals surface area (Å²) in [6.07, 6.45) is 44.6. The summed E-state index contributed by atoms with van der Waals surface area (Å²) in [5, 5.41) is 0. The topological polar surface area (TPSA) is 98.7 Å². The average molecular weight is 707 g/mol. The maximum absolute atomic E-state index is 10.2. The Balaban J connectivity index is -0.000000367.